The molecular formula is C5H4FN2O. The minimum Gasteiger partial charge on any atom is -0.294 e. The Morgan fingerprint density at radius 2 is 2.56 bits per heavy atom. The van der Waals surface area contributed by atoms with E-state index in [1.165, 1.54) is 6.20 Å². The van der Waals surface area contributed by atoms with Crippen LogP contribution in [0.5, 0.6) is 0 Å². The van der Waals surface area contributed by atoms with Gasteiger partial charge in [0.1, 0.15) is 0 Å². The van der Waals surface area contributed by atoms with Crippen molar-refractivity contribution in [2.24, 2.45) is 0 Å². The Labute approximate surface area is 50.9 Å². The first kappa shape index (κ1) is 5.94. The predicted octanol–water partition coefficient (Wildman–Crippen LogP) is 0.566. The van der Waals surface area contributed by atoms with E-state index in [1.807, 2.05) is 0 Å². The zero-order chi connectivity index (χ0) is 6.85. The maximum atomic E-state index is 12.2. The van der Waals surface area contributed by atoms with Gasteiger partial charge in [-0.15, -0.1) is 5.10 Å². The minimum atomic E-state index is -0.796. The van der Waals surface area contributed by atoms with Crippen LogP contribution in [0.2, 0.25) is 0 Å². The number of nitrogens with one attached hydrogen (secondary N) is 1. The predicted molar refractivity (Wildman–Crippen MR) is 28.2 cm³/mol. The third kappa shape index (κ3) is 0.960. The van der Waals surface area contributed by atoms with E-state index in [2.05, 4.69) is 17.1 Å². The molecule has 0 aromatic carbocycles. The normalized spacial score (nSPS) is 9.56. The van der Waals surface area contributed by atoms with Crippen LogP contribution in [0, 0.1) is 12.9 Å². The van der Waals surface area contributed by atoms with Gasteiger partial charge in [0.15, 0.2) is 5.78 Å². The van der Waals surface area contributed by atoms with Gasteiger partial charge in [0.25, 0.3) is 0 Å². The molecule has 0 atom stereocenters. The van der Waals surface area contributed by atoms with Gasteiger partial charge < -0.3 is 0 Å². The summed E-state index contributed by atoms with van der Waals surface area (Å²) in [6.45, 7) is 3.00. The van der Waals surface area contributed by atoms with Crippen molar-refractivity contribution in [2.45, 2.75) is 0 Å². The van der Waals surface area contributed by atoms with Gasteiger partial charge in [-0.3, -0.25) is 9.89 Å². The number of rotatable bonds is 1. The molecule has 0 unspecified atom stereocenters. The molecule has 1 aromatic rings. The van der Waals surface area contributed by atoms with Crippen LogP contribution < -0.4 is 0 Å². The lowest BCUT2D eigenvalue weighted by molar-refractivity contribution is 0.104. The molecule has 1 N–H and O–H groups in total. The van der Waals surface area contributed by atoms with Gasteiger partial charge in [0.2, 0.25) is 5.95 Å². The van der Waals surface area contributed by atoms with Crippen molar-refractivity contribution >= 4 is 5.78 Å². The number of H-pyrrole nitrogens is 1. The number of carbonyl (C=O) groups excluding carboxylic acids is 1. The first-order valence-electron chi connectivity index (χ1n) is 2.27. The van der Waals surface area contributed by atoms with E-state index in [1.54, 1.807) is 0 Å². The lowest BCUT2D eigenvalue weighted by Gasteiger charge is -1.81. The lowest BCUT2D eigenvalue weighted by Crippen LogP contribution is -1.92. The highest BCUT2D eigenvalue weighted by atomic mass is 19.1. The molecule has 4 heteroatoms. The largest absolute Gasteiger partial charge is 0.294 e. The van der Waals surface area contributed by atoms with E-state index in [-0.39, 0.29) is 5.56 Å². The summed E-state index contributed by atoms with van der Waals surface area (Å²) in [6, 6.07) is 0. The van der Waals surface area contributed by atoms with Gasteiger partial charge in [-0.1, -0.05) is 0 Å². The minimum absolute atomic E-state index is 0.102. The summed E-state index contributed by atoms with van der Waals surface area (Å²) in [5, 5.41) is 5.28. The van der Waals surface area contributed by atoms with Crippen LogP contribution in [0.25, 0.3) is 0 Å². The van der Waals surface area contributed by atoms with Crippen molar-refractivity contribution in [3.63, 3.8) is 0 Å². The van der Waals surface area contributed by atoms with Crippen LogP contribution in [0.1, 0.15) is 10.4 Å². The van der Waals surface area contributed by atoms with Gasteiger partial charge in [0.05, 0.1) is 5.56 Å². The molecule has 0 fully saturated rings. The highest BCUT2D eigenvalue weighted by molar-refractivity contribution is 5.98. The summed E-state index contributed by atoms with van der Waals surface area (Å²) in [7, 11) is 0. The second-order valence-corrected chi connectivity index (χ2v) is 1.51. The molecule has 1 radical (unpaired) electrons. The second-order valence-electron chi connectivity index (χ2n) is 1.51. The highest BCUT2D eigenvalue weighted by Crippen LogP contribution is 2.00. The smallest absolute Gasteiger partial charge is 0.243 e. The molecule has 0 spiro atoms. The maximum Gasteiger partial charge on any atom is 0.243 e. The molecule has 0 aliphatic rings. The van der Waals surface area contributed by atoms with Crippen molar-refractivity contribution in [3.8, 4) is 0 Å². The van der Waals surface area contributed by atoms with E-state index in [0.717, 1.165) is 0 Å². The maximum absolute atomic E-state index is 12.2. The van der Waals surface area contributed by atoms with Gasteiger partial charge in [0, 0.05) is 13.1 Å². The Hall–Kier alpha value is -1.19. The molecular weight excluding hydrogens is 123 g/mol. The van der Waals surface area contributed by atoms with Crippen molar-refractivity contribution in [1.82, 2.24) is 10.2 Å². The molecule has 0 saturated heterocycles. The third-order valence-electron chi connectivity index (χ3n) is 0.894. The third-order valence-corrected chi connectivity index (χ3v) is 0.894. The van der Waals surface area contributed by atoms with Crippen LogP contribution in [-0.2, 0) is 0 Å². The Morgan fingerprint density at radius 3 is 2.78 bits per heavy atom. The lowest BCUT2D eigenvalue weighted by atomic mass is 10.3. The van der Waals surface area contributed by atoms with E-state index in [0.29, 0.717) is 0 Å². The molecule has 9 heavy (non-hydrogen) atoms. The molecule has 1 aromatic heterocycles. The molecule has 1 rings (SSSR count). The van der Waals surface area contributed by atoms with Gasteiger partial charge in [-0.2, -0.15) is 4.39 Å². The highest BCUT2D eigenvalue weighted by Gasteiger charge is 2.07. The fourth-order valence-corrected chi connectivity index (χ4v) is 0.469. The van der Waals surface area contributed by atoms with Crippen LogP contribution in [0.15, 0.2) is 6.20 Å². The topological polar surface area (TPSA) is 45.8 Å². The average molecular weight is 127 g/mol. The molecule has 3 nitrogen and oxygen atoms in total. The van der Waals surface area contributed by atoms with Gasteiger partial charge in [-0.05, 0) is 0 Å². The fourth-order valence-electron chi connectivity index (χ4n) is 0.469. The van der Waals surface area contributed by atoms with Crippen LogP contribution in [-0.4, -0.2) is 16.0 Å². The molecule has 0 amide bonds. The number of hydrogen-bond donors (Lipinski definition) is 1. The van der Waals surface area contributed by atoms with Gasteiger partial charge >= 0.3 is 0 Å². The Morgan fingerprint density at radius 1 is 1.89 bits per heavy atom. The van der Waals surface area contributed by atoms with Crippen molar-refractivity contribution in [3.05, 3.63) is 24.6 Å². The number of carbonyl (C=O) groups is 1. The molecule has 0 saturated carbocycles. The summed E-state index contributed by atoms with van der Waals surface area (Å²) in [4.78, 5) is 10.3. The fraction of sp³-hybridized carbons (Fsp3) is 0. The number of aromatic amines is 1. The quantitative estimate of drug-likeness (QED) is 0.560. The zero-order valence-corrected chi connectivity index (χ0v) is 4.52. The number of ketones is 1. The number of hydrogen-bond acceptors (Lipinski definition) is 2. The summed E-state index contributed by atoms with van der Waals surface area (Å²) in [6.07, 6.45) is 1.17. The summed E-state index contributed by atoms with van der Waals surface area (Å²) in [5.41, 5.74) is -0.102. The Bertz CT molecular complexity index is 231. The zero-order valence-electron chi connectivity index (χ0n) is 4.52. The Kier molecular flexibility index (Phi) is 1.30. The molecule has 0 aliphatic carbocycles. The number of nitrogens with zero attached hydrogens (tertiary/aromatic N) is 1. The standard InChI is InChI=1S/C5H4FN2O/c1-3(9)4-2-7-8-5(4)6/h2H,1H2,(H,7,8). The van der Waals surface area contributed by atoms with Crippen molar-refractivity contribution < 1.29 is 9.18 Å². The second kappa shape index (κ2) is 1.97. The summed E-state index contributed by atoms with van der Waals surface area (Å²) in [5.74, 6) is -1.36. The van der Waals surface area contributed by atoms with Crippen LogP contribution >= 0.6 is 0 Å². The van der Waals surface area contributed by atoms with Crippen molar-refractivity contribution in [2.75, 3.05) is 0 Å². The van der Waals surface area contributed by atoms with Gasteiger partial charge in [-0.25, -0.2) is 0 Å². The van der Waals surface area contributed by atoms with E-state index in [4.69, 9.17) is 0 Å². The SMILES string of the molecule is [CH2]C(=O)c1c[nH]nc1F. The molecule has 0 aliphatic heterocycles. The van der Waals surface area contributed by atoms with Crippen LogP contribution in [0.3, 0.4) is 0 Å². The summed E-state index contributed by atoms with van der Waals surface area (Å²) >= 11 is 0. The number of Topliss-reactive ketones (excluding diaryl/α,β-unsaturated/α-hetero) is 1. The number of aromatic nitrogens is 2. The van der Waals surface area contributed by atoms with E-state index in [9.17, 15) is 9.18 Å². The first-order valence-corrected chi connectivity index (χ1v) is 2.27. The molecule has 0 bridgehead atoms. The Balaban J connectivity index is 3.08. The first-order chi connectivity index (χ1) is 4.22. The molecule has 47 valence electrons. The van der Waals surface area contributed by atoms with Crippen molar-refractivity contribution in [1.29, 1.82) is 0 Å². The van der Waals surface area contributed by atoms with Crippen LogP contribution in [0.4, 0.5) is 4.39 Å². The van der Waals surface area contributed by atoms with E-state index >= 15 is 0 Å². The molecule has 1 heterocycles. The monoisotopic (exact) mass is 127 g/mol. The van der Waals surface area contributed by atoms with E-state index < -0.39 is 11.7 Å². The summed E-state index contributed by atoms with van der Waals surface area (Å²) < 4.78 is 12.2. The number of halogens is 1. The average Bonchev–Trinajstić information content (AvgIpc) is 2.13.